The van der Waals surface area contributed by atoms with Crippen LogP contribution >= 0.6 is 0 Å². The molecule has 5 heteroatoms. The summed E-state index contributed by atoms with van der Waals surface area (Å²) in [5.41, 5.74) is 0. The van der Waals surface area contributed by atoms with Gasteiger partial charge >= 0.3 is 0 Å². The number of hydrogen-bond donors (Lipinski definition) is 3. The standard InChI is InChI=1S/C18H36N4O/c1-6-14(4)21-17(23)11-12-20-18(19-5)22-16-9-7-15(8-10-16)13(2)3/h13-16H,6-12H2,1-5H3,(H,21,23)(H2,19,20,22). The molecule has 0 aromatic rings. The molecule has 1 aliphatic rings. The van der Waals surface area contributed by atoms with Crippen LogP contribution < -0.4 is 16.0 Å². The van der Waals surface area contributed by atoms with Crippen molar-refractivity contribution in [1.82, 2.24) is 16.0 Å². The van der Waals surface area contributed by atoms with Gasteiger partial charge in [-0.3, -0.25) is 9.79 Å². The SMILES string of the molecule is CCC(C)NC(=O)CCNC(=NC)NC1CCC(C(C)C)CC1. The van der Waals surface area contributed by atoms with Gasteiger partial charge < -0.3 is 16.0 Å². The average Bonchev–Trinajstić information content (AvgIpc) is 2.54. The van der Waals surface area contributed by atoms with Crippen LogP contribution in [0.4, 0.5) is 0 Å². The van der Waals surface area contributed by atoms with Gasteiger partial charge in [-0.25, -0.2) is 0 Å². The number of guanidine groups is 1. The highest BCUT2D eigenvalue weighted by Gasteiger charge is 2.23. The van der Waals surface area contributed by atoms with E-state index in [1.54, 1.807) is 7.05 Å². The van der Waals surface area contributed by atoms with Gasteiger partial charge in [0.25, 0.3) is 0 Å². The van der Waals surface area contributed by atoms with Gasteiger partial charge in [-0.15, -0.1) is 0 Å². The minimum atomic E-state index is 0.0970. The van der Waals surface area contributed by atoms with Crippen LogP contribution in [0.15, 0.2) is 4.99 Å². The van der Waals surface area contributed by atoms with E-state index in [1.807, 2.05) is 6.92 Å². The first kappa shape index (κ1) is 19.8. The maximum atomic E-state index is 11.8. The van der Waals surface area contributed by atoms with Crippen LogP contribution in [0.5, 0.6) is 0 Å². The number of hydrogen-bond acceptors (Lipinski definition) is 2. The van der Waals surface area contributed by atoms with Gasteiger partial charge in [-0.2, -0.15) is 0 Å². The van der Waals surface area contributed by atoms with E-state index in [0.29, 0.717) is 19.0 Å². The maximum absolute atomic E-state index is 11.8. The lowest BCUT2D eigenvalue weighted by Crippen LogP contribution is -2.46. The largest absolute Gasteiger partial charge is 0.356 e. The fraction of sp³-hybridized carbons (Fsp3) is 0.889. The summed E-state index contributed by atoms with van der Waals surface area (Å²) in [6, 6.07) is 0.751. The van der Waals surface area contributed by atoms with Crippen molar-refractivity contribution in [3.8, 4) is 0 Å². The zero-order chi connectivity index (χ0) is 17.2. The summed E-state index contributed by atoms with van der Waals surface area (Å²) in [4.78, 5) is 16.0. The molecule has 5 nitrogen and oxygen atoms in total. The summed E-state index contributed by atoms with van der Waals surface area (Å²) in [6.45, 7) is 9.36. The van der Waals surface area contributed by atoms with Crippen LogP contribution in [0.2, 0.25) is 0 Å². The van der Waals surface area contributed by atoms with Crippen LogP contribution in [0.1, 0.15) is 66.2 Å². The van der Waals surface area contributed by atoms with E-state index in [4.69, 9.17) is 0 Å². The molecule has 3 N–H and O–H groups in total. The van der Waals surface area contributed by atoms with Crippen molar-refractivity contribution in [3.63, 3.8) is 0 Å². The molecule has 0 heterocycles. The molecular weight excluding hydrogens is 288 g/mol. The Morgan fingerprint density at radius 1 is 1.17 bits per heavy atom. The normalized spacial score (nSPS) is 23.5. The summed E-state index contributed by atoms with van der Waals surface area (Å²) in [6.07, 6.45) is 6.44. The third-order valence-corrected chi connectivity index (χ3v) is 4.94. The van der Waals surface area contributed by atoms with E-state index in [-0.39, 0.29) is 11.9 Å². The number of nitrogens with zero attached hydrogens (tertiary/aromatic N) is 1. The molecule has 1 amide bonds. The zero-order valence-corrected chi connectivity index (χ0v) is 15.6. The fourth-order valence-corrected chi connectivity index (χ4v) is 3.06. The lowest BCUT2D eigenvalue weighted by molar-refractivity contribution is -0.121. The summed E-state index contributed by atoms with van der Waals surface area (Å²) in [5.74, 6) is 2.57. The smallest absolute Gasteiger partial charge is 0.221 e. The van der Waals surface area contributed by atoms with Crippen molar-refractivity contribution < 1.29 is 4.79 Å². The number of nitrogens with one attached hydrogen (secondary N) is 3. The summed E-state index contributed by atoms with van der Waals surface area (Å²) in [5, 5.41) is 9.73. The number of amides is 1. The molecule has 1 saturated carbocycles. The van der Waals surface area contributed by atoms with Gasteiger partial charge in [0.05, 0.1) is 0 Å². The first-order valence-electron chi connectivity index (χ1n) is 9.22. The second-order valence-electron chi connectivity index (χ2n) is 7.13. The van der Waals surface area contributed by atoms with Crippen LogP contribution in [0.3, 0.4) is 0 Å². The van der Waals surface area contributed by atoms with Crippen molar-refractivity contribution in [2.75, 3.05) is 13.6 Å². The Kier molecular flexibility index (Phi) is 9.03. The van der Waals surface area contributed by atoms with Crippen molar-refractivity contribution in [3.05, 3.63) is 0 Å². The number of aliphatic imine (C=N–C) groups is 1. The van der Waals surface area contributed by atoms with Gasteiger partial charge in [0, 0.05) is 32.1 Å². The summed E-state index contributed by atoms with van der Waals surface area (Å²) >= 11 is 0. The van der Waals surface area contributed by atoms with Gasteiger partial charge in [0.2, 0.25) is 5.91 Å². The minimum absolute atomic E-state index is 0.0970. The van der Waals surface area contributed by atoms with Crippen molar-refractivity contribution in [2.45, 2.75) is 78.3 Å². The van der Waals surface area contributed by atoms with Crippen molar-refractivity contribution in [2.24, 2.45) is 16.8 Å². The molecule has 23 heavy (non-hydrogen) atoms. The highest BCUT2D eigenvalue weighted by atomic mass is 16.1. The van der Waals surface area contributed by atoms with Crippen LogP contribution in [-0.2, 0) is 4.79 Å². The second-order valence-corrected chi connectivity index (χ2v) is 7.13. The molecular formula is C18H36N4O. The molecule has 1 unspecified atom stereocenters. The van der Waals surface area contributed by atoms with Crippen LogP contribution in [0.25, 0.3) is 0 Å². The molecule has 0 aromatic heterocycles. The molecule has 0 aliphatic heterocycles. The Labute approximate surface area is 142 Å². The predicted molar refractivity (Wildman–Crippen MR) is 97.6 cm³/mol. The van der Waals surface area contributed by atoms with Gasteiger partial charge in [-0.1, -0.05) is 20.8 Å². The van der Waals surface area contributed by atoms with E-state index >= 15 is 0 Å². The molecule has 1 fully saturated rings. The van der Waals surface area contributed by atoms with Crippen molar-refractivity contribution in [1.29, 1.82) is 0 Å². The number of rotatable bonds is 7. The zero-order valence-electron chi connectivity index (χ0n) is 15.6. The third kappa shape index (κ3) is 7.71. The molecule has 0 spiro atoms. The first-order valence-corrected chi connectivity index (χ1v) is 9.22. The Bertz CT molecular complexity index is 373. The molecule has 1 rings (SSSR count). The topological polar surface area (TPSA) is 65.5 Å². The first-order chi connectivity index (χ1) is 11.0. The monoisotopic (exact) mass is 324 g/mol. The molecule has 0 bridgehead atoms. The summed E-state index contributed by atoms with van der Waals surface area (Å²) in [7, 11) is 1.79. The number of carbonyl (C=O) groups is 1. The van der Waals surface area contributed by atoms with Crippen LogP contribution in [-0.4, -0.2) is 37.5 Å². The molecule has 0 aromatic carbocycles. The average molecular weight is 325 g/mol. The van der Waals surface area contributed by atoms with Gasteiger partial charge in [0.1, 0.15) is 0 Å². The Morgan fingerprint density at radius 3 is 2.35 bits per heavy atom. The molecule has 1 aliphatic carbocycles. The van der Waals surface area contributed by atoms with E-state index in [0.717, 1.165) is 24.2 Å². The molecule has 134 valence electrons. The minimum Gasteiger partial charge on any atom is -0.356 e. The Balaban J connectivity index is 2.24. The summed E-state index contributed by atoms with van der Waals surface area (Å²) < 4.78 is 0. The number of carbonyl (C=O) groups excluding carboxylic acids is 1. The molecule has 1 atom stereocenters. The van der Waals surface area contributed by atoms with E-state index < -0.39 is 0 Å². The highest BCUT2D eigenvalue weighted by Crippen LogP contribution is 2.29. The lowest BCUT2D eigenvalue weighted by atomic mass is 9.80. The van der Waals surface area contributed by atoms with Gasteiger partial charge in [0.15, 0.2) is 5.96 Å². The van der Waals surface area contributed by atoms with E-state index in [1.165, 1.54) is 25.7 Å². The lowest BCUT2D eigenvalue weighted by Gasteiger charge is -2.32. The van der Waals surface area contributed by atoms with E-state index in [9.17, 15) is 4.79 Å². The maximum Gasteiger partial charge on any atom is 0.221 e. The highest BCUT2D eigenvalue weighted by molar-refractivity contribution is 5.81. The quantitative estimate of drug-likeness (QED) is 0.498. The van der Waals surface area contributed by atoms with Crippen molar-refractivity contribution >= 4 is 11.9 Å². The van der Waals surface area contributed by atoms with Crippen LogP contribution in [0, 0.1) is 11.8 Å². The molecule has 0 saturated heterocycles. The Morgan fingerprint density at radius 2 is 1.83 bits per heavy atom. The van der Waals surface area contributed by atoms with Gasteiger partial charge in [-0.05, 0) is 50.9 Å². The molecule has 0 radical (unpaired) electrons. The third-order valence-electron chi connectivity index (χ3n) is 4.94. The second kappa shape index (κ2) is 10.5. The van der Waals surface area contributed by atoms with E-state index in [2.05, 4.69) is 41.7 Å². The fourth-order valence-electron chi connectivity index (χ4n) is 3.06. The Hall–Kier alpha value is -1.26. The predicted octanol–water partition coefficient (Wildman–Crippen LogP) is 2.67.